The molecule has 0 aromatic carbocycles. The third-order valence-corrected chi connectivity index (χ3v) is 9.25. The summed E-state index contributed by atoms with van der Waals surface area (Å²) in [4.78, 5) is 20.9. The molecular weight excluding hydrogens is 424 g/mol. The van der Waals surface area contributed by atoms with E-state index in [0.717, 1.165) is 71.4 Å². The van der Waals surface area contributed by atoms with E-state index in [0.29, 0.717) is 17.9 Å². The van der Waals surface area contributed by atoms with Gasteiger partial charge >= 0.3 is 6.03 Å². The minimum absolute atomic E-state index is 0.00505. The molecule has 5 aliphatic rings. The van der Waals surface area contributed by atoms with Gasteiger partial charge in [0.05, 0.1) is 5.54 Å². The Morgan fingerprint density at radius 3 is 2.74 bits per heavy atom. The van der Waals surface area contributed by atoms with Crippen LogP contribution in [0.3, 0.4) is 0 Å². The fourth-order valence-corrected chi connectivity index (χ4v) is 7.70. The van der Waals surface area contributed by atoms with Crippen LogP contribution in [0.5, 0.6) is 0 Å². The van der Waals surface area contributed by atoms with E-state index in [-0.39, 0.29) is 23.7 Å². The molecule has 4 atom stereocenters. The number of carbonyl (C=O) groups excluding carboxylic acids is 1. The first-order chi connectivity index (χ1) is 16.5. The number of ether oxygens (including phenoxy) is 1. The second-order valence-electron chi connectivity index (χ2n) is 11.9. The molecule has 6 heteroatoms. The first-order valence-electron chi connectivity index (χ1n) is 14.0. The van der Waals surface area contributed by atoms with E-state index < -0.39 is 0 Å². The number of nitrogens with two attached hydrogens (primary N) is 1. The number of amides is 2. The minimum atomic E-state index is 0.00505. The molecule has 0 aromatic heterocycles. The van der Waals surface area contributed by atoms with E-state index >= 15 is 0 Å². The summed E-state index contributed by atoms with van der Waals surface area (Å²) in [6, 6.07) is 1.26. The van der Waals surface area contributed by atoms with Gasteiger partial charge in [-0.05, 0) is 95.6 Å². The van der Waals surface area contributed by atoms with Crippen LogP contribution in [0.25, 0.3) is 0 Å². The second kappa shape index (κ2) is 10.3. The van der Waals surface area contributed by atoms with Crippen molar-refractivity contribution < 1.29 is 9.53 Å². The highest BCUT2D eigenvalue weighted by Crippen LogP contribution is 2.49. The molecule has 2 amide bonds. The Bertz CT molecular complexity index is 789. The molecule has 3 heterocycles. The first kappa shape index (κ1) is 24.3. The number of piperidine rings is 1. The maximum absolute atomic E-state index is 13.6. The van der Waals surface area contributed by atoms with Gasteiger partial charge in [-0.2, -0.15) is 0 Å². The van der Waals surface area contributed by atoms with Crippen LogP contribution in [0, 0.1) is 11.8 Å². The highest BCUT2D eigenvalue weighted by Gasteiger charge is 2.58. The van der Waals surface area contributed by atoms with Crippen molar-refractivity contribution in [3.05, 3.63) is 23.8 Å². The van der Waals surface area contributed by atoms with Crippen molar-refractivity contribution in [1.29, 1.82) is 0 Å². The highest BCUT2D eigenvalue weighted by molar-refractivity contribution is 5.78. The van der Waals surface area contributed by atoms with Crippen molar-refractivity contribution in [1.82, 2.24) is 14.7 Å². The molecule has 1 spiro atoms. The third-order valence-electron chi connectivity index (χ3n) is 9.25. The normalized spacial score (nSPS) is 33.8. The predicted octanol–water partition coefficient (Wildman–Crippen LogP) is 4.17. The molecule has 3 aliphatic heterocycles. The van der Waals surface area contributed by atoms with Crippen LogP contribution in [-0.4, -0.2) is 83.8 Å². The van der Waals surface area contributed by atoms with E-state index in [1.54, 1.807) is 0 Å². The Labute approximate surface area is 206 Å². The quantitative estimate of drug-likeness (QED) is 0.607. The molecule has 0 aromatic rings. The van der Waals surface area contributed by atoms with Crippen molar-refractivity contribution >= 4 is 6.03 Å². The van der Waals surface area contributed by atoms with Gasteiger partial charge in [0.2, 0.25) is 0 Å². The first-order valence-corrected chi connectivity index (χ1v) is 14.0. The summed E-state index contributed by atoms with van der Waals surface area (Å²) in [6.45, 7) is 10.2. The fourth-order valence-electron chi connectivity index (χ4n) is 7.70. The molecule has 34 heavy (non-hydrogen) atoms. The molecule has 6 nitrogen and oxygen atoms in total. The molecule has 0 radical (unpaired) electrons. The Morgan fingerprint density at radius 1 is 1.18 bits per heavy atom. The Balaban J connectivity index is 1.26. The van der Waals surface area contributed by atoms with E-state index in [9.17, 15) is 4.79 Å². The molecule has 5 rings (SSSR count). The Morgan fingerprint density at radius 2 is 2.00 bits per heavy atom. The number of carbonyl (C=O) groups is 1. The van der Waals surface area contributed by atoms with E-state index in [2.05, 4.69) is 46.8 Å². The van der Waals surface area contributed by atoms with Crippen LogP contribution in [0.4, 0.5) is 4.79 Å². The van der Waals surface area contributed by atoms with E-state index in [1.807, 2.05) is 0 Å². The summed E-state index contributed by atoms with van der Waals surface area (Å²) < 4.78 is 5.56. The summed E-state index contributed by atoms with van der Waals surface area (Å²) in [5.41, 5.74) is 7.91. The summed E-state index contributed by atoms with van der Waals surface area (Å²) in [5, 5.41) is 0. The number of urea groups is 1. The maximum Gasteiger partial charge on any atom is 0.320 e. The monoisotopic (exact) mass is 470 g/mol. The standard InChI is InChI=1S/C28H46N4O2/c1-21(2)32-27(33)31(19-22-11-15-34-16-12-22)20-28(32)17-24-9-6-13-30(26(24)18-28)14-10-25(29)23-7-4-3-5-8-23/h4,7-8,21-22,24-26H,3,5-6,9-20,29H2,1-2H3/t24?,25-,26?,28?/m0/s1. The number of likely N-dealkylation sites (tertiary alicyclic amines) is 1. The summed E-state index contributed by atoms with van der Waals surface area (Å²) in [5.74, 6) is 1.29. The predicted molar refractivity (Wildman–Crippen MR) is 137 cm³/mol. The van der Waals surface area contributed by atoms with Crippen molar-refractivity contribution in [2.24, 2.45) is 17.6 Å². The molecule has 1 saturated carbocycles. The van der Waals surface area contributed by atoms with Crippen LogP contribution < -0.4 is 5.73 Å². The number of allylic oxidation sites excluding steroid dienone is 2. The summed E-state index contributed by atoms with van der Waals surface area (Å²) in [6.07, 6.45) is 17.2. The molecular formula is C28H46N4O2. The largest absolute Gasteiger partial charge is 0.381 e. The van der Waals surface area contributed by atoms with E-state index in [4.69, 9.17) is 10.5 Å². The van der Waals surface area contributed by atoms with Crippen LogP contribution in [0.2, 0.25) is 0 Å². The van der Waals surface area contributed by atoms with Gasteiger partial charge in [0.25, 0.3) is 0 Å². The molecule has 2 N–H and O–H groups in total. The SMILES string of the molecule is CC(C)N1C(=O)N(CC2CCOCC2)CC12CC1CCCN(CC[C@H](N)C3=CCCC=C3)C1C2. The minimum Gasteiger partial charge on any atom is -0.381 e. The van der Waals surface area contributed by atoms with Crippen molar-refractivity contribution in [3.63, 3.8) is 0 Å². The lowest BCUT2D eigenvalue weighted by molar-refractivity contribution is 0.0575. The van der Waals surface area contributed by atoms with Crippen LogP contribution in [-0.2, 0) is 4.74 Å². The van der Waals surface area contributed by atoms with Crippen molar-refractivity contribution in [3.8, 4) is 0 Å². The van der Waals surface area contributed by atoms with Gasteiger partial charge in [0.15, 0.2) is 0 Å². The molecule has 3 saturated heterocycles. The number of hydrogen-bond acceptors (Lipinski definition) is 4. The van der Waals surface area contributed by atoms with Gasteiger partial charge in [-0.25, -0.2) is 4.79 Å². The van der Waals surface area contributed by atoms with Gasteiger partial charge < -0.3 is 20.3 Å². The number of rotatable bonds is 7. The zero-order valence-corrected chi connectivity index (χ0v) is 21.5. The average molecular weight is 471 g/mol. The van der Waals surface area contributed by atoms with Crippen LogP contribution in [0.15, 0.2) is 23.8 Å². The maximum atomic E-state index is 13.6. The number of hydrogen-bond donors (Lipinski definition) is 1. The molecule has 4 fully saturated rings. The van der Waals surface area contributed by atoms with Gasteiger partial charge in [-0.3, -0.25) is 4.90 Å². The molecule has 0 bridgehead atoms. The zero-order valence-electron chi connectivity index (χ0n) is 21.5. The Kier molecular flexibility index (Phi) is 7.38. The number of nitrogens with zero attached hydrogens (tertiary/aromatic N) is 3. The lowest BCUT2D eigenvalue weighted by Gasteiger charge is -2.39. The van der Waals surface area contributed by atoms with Gasteiger partial charge in [0, 0.05) is 51.0 Å². The molecule has 190 valence electrons. The van der Waals surface area contributed by atoms with Gasteiger partial charge in [0.1, 0.15) is 0 Å². The van der Waals surface area contributed by atoms with Crippen molar-refractivity contribution in [2.45, 2.75) is 95.3 Å². The molecule has 2 aliphatic carbocycles. The fraction of sp³-hybridized carbons (Fsp3) is 0.821. The van der Waals surface area contributed by atoms with E-state index in [1.165, 1.54) is 31.4 Å². The third kappa shape index (κ3) is 4.83. The number of fused-ring (bicyclic) bond motifs is 1. The Hall–Kier alpha value is -1.37. The highest BCUT2D eigenvalue weighted by atomic mass is 16.5. The van der Waals surface area contributed by atoms with Crippen molar-refractivity contribution in [2.75, 3.05) is 39.4 Å². The van der Waals surface area contributed by atoms with Crippen LogP contribution >= 0.6 is 0 Å². The smallest absolute Gasteiger partial charge is 0.320 e. The van der Waals surface area contributed by atoms with Crippen LogP contribution in [0.1, 0.15) is 71.6 Å². The zero-order chi connectivity index (χ0) is 23.7. The lowest BCUT2D eigenvalue weighted by atomic mass is 9.90. The average Bonchev–Trinajstić information content (AvgIpc) is 3.34. The second-order valence-corrected chi connectivity index (χ2v) is 11.9. The molecule has 3 unspecified atom stereocenters. The van der Waals surface area contributed by atoms with Gasteiger partial charge in [-0.1, -0.05) is 18.2 Å². The lowest BCUT2D eigenvalue weighted by Crippen LogP contribution is -2.50. The summed E-state index contributed by atoms with van der Waals surface area (Å²) >= 11 is 0. The van der Waals surface area contributed by atoms with Gasteiger partial charge in [-0.15, -0.1) is 0 Å². The topological polar surface area (TPSA) is 62.0 Å². The summed E-state index contributed by atoms with van der Waals surface area (Å²) in [7, 11) is 0.